The Hall–Kier alpha value is -2.84. The van der Waals surface area contributed by atoms with Gasteiger partial charge in [-0.3, -0.25) is 4.99 Å². The van der Waals surface area contributed by atoms with Crippen molar-refractivity contribution in [2.45, 2.75) is 40.0 Å². The lowest BCUT2D eigenvalue weighted by Crippen LogP contribution is -2.36. The summed E-state index contributed by atoms with van der Waals surface area (Å²) in [5.41, 5.74) is 1.40. The molecule has 0 radical (unpaired) electrons. The molecule has 0 spiro atoms. The summed E-state index contributed by atoms with van der Waals surface area (Å²) >= 11 is 0. The first-order valence-electron chi connectivity index (χ1n) is 8.65. The van der Waals surface area contributed by atoms with Gasteiger partial charge in [-0.15, -0.1) is 0 Å². The quantitative estimate of drug-likeness (QED) is 0.512. The SMILES string of the molecule is CCOc1cccc(CNC(=NC)NCc2cc(CC)no2)c1OC(F)F. The molecular formula is C18H24F2N4O3. The van der Waals surface area contributed by atoms with Gasteiger partial charge in [-0.1, -0.05) is 24.2 Å². The van der Waals surface area contributed by atoms with E-state index in [1.807, 2.05) is 13.0 Å². The second-order valence-electron chi connectivity index (χ2n) is 5.47. The van der Waals surface area contributed by atoms with E-state index in [0.29, 0.717) is 30.4 Å². The average Bonchev–Trinajstić information content (AvgIpc) is 3.12. The number of alkyl halides is 2. The molecule has 27 heavy (non-hydrogen) atoms. The maximum absolute atomic E-state index is 12.8. The molecule has 0 aliphatic heterocycles. The maximum Gasteiger partial charge on any atom is 0.387 e. The van der Waals surface area contributed by atoms with Crippen LogP contribution in [-0.4, -0.2) is 31.4 Å². The third-order valence-corrected chi connectivity index (χ3v) is 3.64. The lowest BCUT2D eigenvalue weighted by Gasteiger charge is -2.17. The van der Waals surface area contributed by atoms with Crippen LogP contribution in [0.5, 0.6) is 11.5 Å². The molecule has 0 fully saturated rings. The maximum atomic E-state index is 12.8. The van der Waals surface area contributed by atoms with Gasteiger partial charge in [0.15, 0.2) is 23.2 Å². The molecule has 7 nitrogen and oxygen atoms in total. The molecule has 0 aliphatic rings. The zero-order valence-corrected chi connectivity index (χ0v) is 15.6. The number of nitrogens with zero attached hydrogens (tertiary/aromatic N) is 2. The summed E-state index contributed by atoms with van der Waals surface area (Å²) in [5.74, 6) is 1.44. The second-order valence-corrected chi connectivity index (χ2v) is 5.47. The van der Waals surface area contributed by atoms with Crippen LogP contribution in [0.15, 0.2) is 33.8 Å². The van der Waals surface area contributed by atoms with E-state index in [-0.39, 0.29) is 18.0 Å². The van der Waals surface area contributed by atoms with Gasteiger partial charge in [0.25, 0.3) is 0 Å². The summed E-state index contributed by atoms with van der Waals surface area (Å²) in [7, 11) is 1.61. The second kappa shape index (κ2) is 10.3. The Balaban J connectivity index is 2.01. The molecule has 1 aromatic heterocycles. The van der Waals surface area contributed by atoms with Crippen LogP contribution in [0.3, 0.4) is 0 Å². The number of guanidine groups is 1. The lowest BCUT2D eigenvalue weighted by molar-refractivity contribution is -0.0520. The van der Waals surface area contributed by atoms with Crippen LogP contribution in [0, 0.1) is 0 Å². The molecule has 0 amide bonds. The van der Waals surface area contributed by atoms with Crippen molar-refractivity contribution in [3.63, 3.8) is 0 Å². The van der Waals surface area contributed by atoms with Crippen LogP contribution in [0.2, 0.25) is 0 Å². The predicted octanol–water partition coefficient (Wildman–Crippen LogP) is 3.10. The van der Waals surface area contributed by atoms with Gasteiger partial charge < -0.3 is 24.6 Å². The first-order chi connectivity index (χ1) is 13.1. The van der Waals surface area contributed by atoms with Gasteiger partial charge >= 0.3 is 6.61 Å². The minimum atomic E-state index is -2.94. The zero-order chi connectivity index (χ0) is 19.6. The zero-order valence-electron chi connectivity index (χ0n) is 15.6. The number of benzene rings is 1. The number of aliphatic imine (C=N–C) groups is 1. The fourth-order valence-electron chi connectivity index (χ4n) is 2.37. The number of ether oxygens (including phenoxy) is 2. The number of aryl methyl sites for hydroxylation is 1. The monoisotopic (exact) mass is 382 g/mol. The van der Waals surface area contributed by atoms with E-state index in [2.05, 4.69) is 25.5 Å². The van der Waals surface area contributed by atoms with Crippen LogP contribution >= 0.6 is 0 Å². The molecule has 0 saturated heterocycles. The summed E-state index contributed by atoms with van der Waals surface area (Å²) in [6.45, 7) is 1.78. The molecule has 9 heteroatoms. The highest BCUT2D eigenvalue weighted by molar-refractivity contribution is 5.79. The van der Waals surface area contributed by atoms with Gasteiger partial charge in [0, 0.05) is 25.2 Å². The summed E-state index contributed by atoms with van der Waals surface area (Å²) < 4.78 is 40.8. The van der Waals surface area contributed by atoms with Gasteiger partial charge in [-0.25, -0.2) is 0 Å². The van der Waals surface area contributed by atoms with Crippen molar-refractivity contribution >= 4 is 5.96 Å². The Morgan fingerprint density at radius 2 is 2.04 bits per heavy atom. The molecule has 0 atom stereocenters. The van der Waals surface area contributed by atoms with Gasteiger partial charge in [0.2, 0.25) is 0 Å². The summed E-state index contributed by atoms with van der Waals surface area (Å²) in [4.78, 5) is 4.11. The van der Waals surface area contributed by atoms with E-state index in [0.717, 1.165) is 12.1 Å². The molecule has 148 valence electrons. The summed E-state index contributed by atoms with van der Waals surface area (Å²) in [6.07, 6.45) is 0.791. The van der Waals surface area contributed by atoms with Crippen molar-refractivity contribution in [2.75, 3.05) is 13.7 Å². The fourth-order valence-corrected chi connectivity index (χ4v) is 2.37. The topological polar surface area (TPSA) is 80.9 Å². The Bertz CT molecular complexity index is 750. The molecule has 0 bridgehead atoms. The van der Waals surface area contributed by atoms with Crippen LogP contribution in [0.1, 0.15) is 30.9 Å². The number of rotatable bonds is 9. The highest BCUT2D eigenvalue weighted by Crippen LogP contribution is 2.32. The Kier molecular flexibility index (Phi) is 7.84. The van der Waals surface area contributed by atoms with Crippen molar-refractivity contribution in [3.05, 3.63) is 41.3 Å². The van der Waals surface area contributed by atoms with Gasteiger partial charge in [-0.05, 0) is 19.4 Å². The van der Waals surface area contributed by atoms with Crippen LogP contribution in [-0.2, 0) is 19.5 Å². The summed E-state index contributed by atoms with van der Waals surface area (Å²) in [5, 5.41) is 10.1. The molecule has 0 aliphatic carbocycles. The van der Waals surface area contributed by atoms with E-state index in [4.69, 9.17) is 9.26 Å². The molecular weight excluding hydrogens is 358 g/mol. The predicted molar refractivity (Wildman–Crippen MR) is 97.2 cm³/mol. The van der Waals surface area contributed by atoms with Crippen LogP contribution in [0.4, 0.5) is 8.78 Å². The third kappa shape index (κ3) is 6.12. The Labute approximate surface area is 156 Å². The van der Waals surface area contributed by atoms with Crippen molar-refractivity contribution in [1.82, 2.24) is 15.8 Å². The number of nitrogens with one attached hydrogen (secondary N) is 2. The first kappa shape index (κ1) is 20.5. The minimum absolute atomic E-state index is 0.0140. The van der Waals surface area contributed by atoms with Gasteiger partial charge in [0.1, 0.15) is 0 Å². The molecule has 2 aromatic rings. The molecule has 0 unspecified atom stereocenters. The normalized spacial score (nSPS) is 11.6. The number of halogens is 2. The number of hydrogen-bond donors (Lipinski definition) is 2. The van der Waals surface area contributed by atoms with E-state index in [1.54, 1.807) is 32.2 Å². The molecule has 1 aromatic carbocycles. The van der Waals surface area contributed by atoms with Gasteiger partial charge in [0.05, 0.1) is 18.8 Å². The van der Waals surface area contributed by atoms with Crippen molar-refractivity contribution < 1.29 is 22.8 Å². The van der Waals surface area contributed by atoms with Crippen LogP contribution < -0.4 is 20.1 Å². The van der Waals surface area contributed by atoms with E-state index < -0.39 is 6.61 Å². The fraction of sp³-hybridized carbons (Fsp3) is 0.444. The Morgan fingerprint density at radius 3 is 2.67 bits per heavy atom. The van der Waals surface area contributed by atoms with Gasteiger partial charge in [-0.2, -0.15) is 8.78 Å². The third-order valence-electron chi connectivity index (χ3n) is 3.64. The standard InChI is InChI=1S/C18H24F2N4O3/c1-4-13-9-14(27-24-13)11-23-18(21-3)22-10-12-7-6-8-15(25-5-2)16(12)26-17(19)20/h6-9,17H,4-5,10-11H2,1-3H3,(H2,21,22,23). The van der Waals surface area contributed by atoms with E-state index in [1.165, 1.54) is 0 Å². The Morgan fingerprint density at radius 1 is 1.26 bits per heavy atom. The lowest BCUT2D eigenvalue weighted by atomic mass is 10.2. The largest absolute Gasteiger partial charge is 0.490 e. The van der Waals surface area contributed by atoms with E-state index in [9.17, 15) is 8.78 Å². The molecule has 2 N–H and O–H groups in total. The van der Waals surface area contributed by atoms with Crippen LogP contribution in [0.25, 0.3) is 0 Å². The number of aromatic nitrogens is 1. The molecule has 1 heterocycles. The molecule has 0 saturated carbocycles. The molecule has 2 rings (SSSR count). The number of para-hydroxylation sites is 1. The first-order valence-corrected chi connectivity index (χ1v) is 8.65. The van der Waals surface area contributed by atoms with Crippen molar-refractivity contribution in [2.24, 2.45) is 4.99 Å². The summed E-state index contributed by atoms with van der Waals surface area (Å²) in [6, 6.07) is 6.86. The average molecular weight is 382 g/mol. The van der Waals surface area contributed by atoms with Crippen molar-refractivity contribution in [1.29, 1.82) is 0 Å². The van der Waals surface area contributed by atoms with Crippen molar-refractivity contribution in [3.8, 4) is 11.5 Å². The minimum Gasteiger partial charge on any atom is -0.490 e. The highest BCUT2D eigenvalue weighted by atomic mass is 19.3. The highest BCUT2D eigenvalue weighted by Gasteiger charge is 2.16. The number of hydrogen-bond acceptors (Lipinski definition) is 5. The van der Waals surface area contributed by atoms with E-state index >= 15 is 0 Å². The smallest absolute Gasteiger partial charge is 0.387 e.